The Bertz CT molecular complexity index is 1270. The van der Waals surface area contributed by atoms with Crippen LogP contribution in [0.4, 0.5) is 5.69 Å². The number of nitrogens with one attached hydrogen (secondary N) is 1. The molecule has 0 unspecified atom stereocenters. The Labute approximate surface area is 240 Å². The summed E-state index contributed by atoms with van der Waals surface area (Å²) < 4.78 is 12.8. The van der Waals surface area contributed by atoms with E-state index in [1.54, 1.807) is 12.1 Å². The second kappa shape index (κ2) is 14.3. The summed E-state index contributed by atoms with van der Waals surface area (Å²) in [6.07, 6.45) is -1.52. The molecule has 5 atom stereocenters. The maximum absolute atomic E-state index is 12.0. The number of ether oxygens (including phenoxy) is 2. The van der Waals surface area contributed by atoms with E-state index in [-0.39, 0.29) is 43.6 Å². The highest BCUT2D eigenvalue weighted by atomic mass is 16.7. The molecule has 9 heteroatoms. The van der Waals surface area contributed by atoms with Crippen LogP contribution in [0, 0.1) is 0 Å². The van der Waals surface area contributed by atoms with Crippen LogP contribution in [0.5, 0.6) is 0 Å². The third-order valence-electron chi connectivity index (χ3n) is 7.43. The molecule has 4 N–H and O–H groups in total. The van der Waals surface area contributed by atoms with Gasteiger partial charge in [-0.25, -0.2) is 0 Å². The lowest BCUT2D eigenvalue weighted by Gasteiger charge is -2.39. The number of hydrogen-bond acceptors (Lipinski definition) is 7. The first kappa shape index (κ1) is 30.4. The Kier molecular flexibility index (Phi) is 10.6. The van der Waals surface area contributed by atoms with Gasteiger partial charge in [-0.05, 0) is 42.8 Å². The molecule has 41 heavy (non-hydrogen) atoms. The molecule has 0 saturated carbocycles. The van der Waals surface area contributed by atoms with Crippen LogP contribution in [0.3, 0.4) is 0 Å². The molecule has 3 aromatic rings. The average Bonchev–Trinajstić information content (AvgIpc) is 3.00. The van der Waals surface area contributed by atoms with Crippen molar-refractivity contribution in [1.82, 2.24) is 4.90 Å². The van der Waals surface area contributed by atoms with Crippen LogP contribution in [0.2, 0.25) is 0 Å². The smallest absolute Gasteiger partial charge is 0.303 e. The number of nitrogens with zero attached hydrogens (tertiary/aromatic N) is 1. The molecule has 0 spiro atoms. The van der Waals surface area contributed by atoms with Crippen LogP contribution < -0.4 is 5.32 Å². The van der Waals surface area contributed by atoms with Crippen LogP contribution in [-0.2, 0) is 25.7 Å². The molecule has 1 aliphatic heterocycles. The number of amides is 1. The zero-order chi connectivity index (χ0) is 29.4. The van der Waals surface area contributed by atoms with E-state index in [4.69, 9.17) is 14.6 Å². The number of hydrogen-bond donors (Lipinski definition) is 4. The van der Waals surface area contributed by atoms with Crippen molar-refractivity contribution in [2.45, 2.75) is 63.4 Å². The highest BCUT2D eigenvalue weighted by Gasteiger charge is 2.34. The molecule has 1 heterocycles. The fourth-order valence-electron chi connectivity index (χ4n) is 4.86. The van der Waals surface area contributed by atoms with Crippen molar-refractivity contribution in [3.63, 3.8) is 0 Å². The fourth-order valence-corrected chi connectivity index (χ4v) is 4.86. The third kappa shape index (κ3) is 8.45. The van der Waals surface area contributed by atoms with Gasteiger partial charge in [0.15, 0.2) is 6.29 Å². The average molecular weight is 563 g/mol. The second-order valence-electron chi connectivity index (χ2n) is 10.4. The van der Waals surface area contributed by atoms with E-state index in [1.165, 1.54) is 0 Å². The Morgan fingerprint density at radius 3 is 2.24 bits per heavy atom. The number of anilines is 1. The number of benzene rings is 3. The normalized spacial score (nSPS) is 20.4. The molecule has 0 bridgehead atoms. The summed E-state index contributed by atoms with van der Waals surface area (Å²) >= 11 is 0. The molecule has 218 valence electrons. The van der Waals surface area contributed by atoms with Gasteiger partial charge in [0, 0.05) is 36.7 Å². The Morgan fingerprint density at radius 1 is 0.951 bits per heavy atom. The summed E-state index contributed by atoms with van der Waals surface area (Å²) in [5.74, 6) is -1.39. The number of likely N-dealkylation sites (N-methyl/N-ethyl adjacent to an activating group) is 1. The molecule has 9 nitrogen and oxygen atoms in total. The summed E-state index contributed by atoms with van der Waals surface area (Å²) in [5.41, 5.74) is 3.97. The van der Waals surface area contributed by atoms with Crippen LogP contribution >= 0.6 is 0 Å². The van der Waals surface area contributed by atoms with Crippen LogP contribution in [-0.4, -0.2) is 57.8 Å². The number of rotatable bonds is 12. The number of aliphatic hydroxyl groups is 2. The minimum absolute atomic E-state index is 0.0359. The van der Waals surface area contributed by atoms with Gasteiger partial charge in [0.2, 0.25) is 5.91 Å². The maximum Gasteiger partial charge on any atom is 0.303 e. The Balaban J connectivity index is 1.48. The Hall–Kier alpha value is -3.60. The van der Waals surface area contributed by atoms with Gasteiger partial charge in [-0.1, -0.05) is 66.7 Å². The first-order valence-corrected chi connectivity index (χ1v) is 13.8. The summed E-state index contributed by atoms with van der Waals surface area (Å²) in [6, 6.07) is 24.2. The Morgan fingerprint density at radius 2 is 1.61 bits per heavy atom. The number of carbonyl (C=O) groups is 2. The molecule has 3 aromatic carbocycles. The van der Waals surface area contributed by atoms with Crippen molar-refractivity contribution >= 4 is 17.6 Å². The molecule has 4 rings (SSSR count). The summed E-state index contributed by atoms with van der Waals surface area (Å²) in [5, 5.41) is 31.9. The number of aliphatic carboxylic acids is 1. The quantitative estimate of drug-likeness (QED) is 0.253. The zero-order valence-electron chi connectivity index (χ0n) is 23.3. The number of carboxylic acids is 1. The van der Waals surface area contributed by atoms with E-state index in [1.807, 2.05) is 80.7 Å². The number of aliphatic hydroxyl groups excluding tert-OH is 2. The molecule has 1 aliphatic rings. The van der Waals surface area contributed by atoms with Crippen molar-refractivity contribution in [2.75, 3.05) is 18.9 Å². The second-order valence-corrected chi connectivity index (χ2v) is 10.4. The zero-order valence-corrected chi connectivity index (χ0v) is 23.3. The monoisotopic (exact) mass is 562 g/mol. The SMILES string of the molecule is C[C@@H]([C@H](O)c1ccccc1)N(C)C[C@H]1C[C@@H](c2ccc(CO)cc2)O[C@@H](c2ccc(NC(=O)CCC(=O)O)cc2)O1. The van der Waals surface area contributed by atoms with E-state index in [0.29, 0.717) is 18.7 Å². The van der Waals surface area contributed by atoms with Crippen molar-refractivity contribution in [3.05, 3.63) is 101 Å². The molecule has 0 aromatic heterocycles. The standard InChI is InChI=1S/C32H38N2O7/c1-21(31(39)24-6-4-3-5-7-24)34(2)19-27-18-28(23-10-8-22(20-35)9-11-23)41-32(40-27)25-12-14-26(15-13-25)33-29(36)16-17-30(37)38/h3-15,21,27-28,31-32,35,39H,16-20H2,1-2H3,(H,33,36)(H,37,38)/t21-,27+,28-,31-,32-/m0/s1. The van der Waals surface area contributed by atoms with E-state index in [9.17, 15) is 19.8 Å². The van der Waals surface area contributed by atoms with Crippen molar-refractivity contribution in [2.24, 2.45) is 0 Å². The van der Waals surface area contributed by atoms with Crippen LogP contribution in [0.15, 0.2) is 78.9 Å². The van der Waals surface area contributed by atoms with Gasteiger partial charge in [0.05, 0.1) is 31.3 Å². The van der Waals surface area contributed by atoms with E-state index in [2.05, 4.69) is 10.2 Å². The lowest BCUT2D eigenvalue weighted by molar-refractivity contribution is -0.253. The minimum atomic E-state index is -1.02. The van der Waals surface area contributed by atoms with Crippen molar-refractivity contribution in [1.29, 1.82) is 0 Å². The van der Waals surface area contributed by atoms with E-state index < -0.39 is 18.4 Å². The highest BCUT2D eigenvalue weighted by Crippen LogP contribution is 2.38. The molecule has 1 saturated heterocycles. The van der Waals surface area contributed by atoms with Gasteiger partial charge >= 0.3 is 5.97 Å². The third-order valence-corrected chi connectivity index (χ3v) is 7.43. The largest absolute Gasteiger partial charge is 0.481 e. The minimum Gasteiger partial charge on any atom is -0.481 e. The molecular formula is C32H38N2O7. The molecule has 0 aliphatic carbocycles. The van der Waals surface area contributed by atoms with Crippen LogP contribution in [0.25, 0.3) is 0 Å². The summed E-state index contributed by atoms with van der Waals surface area (Å²) in [7, 11) is 1.97. The fraction of sp³-hybridized carbons (Fsp3) is 0.375. The van der Waals surface area contributed by atoms with Gasteiger partial charge in [0.25, 0.3) is 0 Å². The number of carboxylic acid groups (broad SMARTS) is 1. The molecule has 1 amide bonds. The predicted octanol–water partition coefficient (Wildman–Crippen LogP) is 4.58. The lowest BCUT2D eigenvalue weighted by atomic mass is 9.98. The van der Waals surface area contributed by atoms with Crippen molar-refractivity contribution in [3.8, 4) is 0 Å². The van der Waals surface area contributed by atoms with Gasteiger partial charge in [-0.2, -0.15) is 0 Å². The lowest BCUT2D eigenvalue weighted by Crippen LogP contribution is -2.43. The number of carbonyl (C=O) groups excluding carboxylic acids is 1. The van der Waals surface area contributed by atoms with E-state index >= 15 is 0 Å². The maximum atomic E-state index is 12.0. The highest BCUT2D eigenvalue weighted by molar-refractivity contribution is 5.92. The molecular weight excluding hydrogens is 524 g/mol. The first-order valence-electron chi connectivity index (χ1n) is 13.8. The van der Waals surface area contributed by atoms with Crippen LogP contribution in [0.1, 0.15) is 66.9 Å². The van der Waals surface area contributed by atoms with Gasteiger partial charge in [-0.15, -0.1) is 0 Å². The molecule has 0 radical (unpaired) electrons. The first-order chi connectivity index (χ1) is 19.7. The summed E-state index contributed by atoms with van der Waals surface area (Å²) in [4.78, 5) is 24.8. The predicted molar refractivity (Wildman–Crippen MR) is 154 cm³/mol. The van der Waals surface area contributed by atoms with Gasteiger partial charge < -0.3 is 30.1 Å². The van der Waals surface area contributed by atoms with Crippen molar-refractivity contribution < 1.29 is 34.4 Å². The van der Waals surface area contributed by atoms with Gasteiger partial charge in [0.1, 0.15) is 0 Å². The van der Waals surface area contributed by atoms with E-state index in [0.717, 1.165) is 22.3 Å². The molecule has 1 fully saturated rings. The topological polar surface area (TPSA) is 129 Å². The summed E-state index contributed by atoms with van der Waals surface area (Å²) in [6.45, 7) is 2.52. The van der Waals surface area contributed by atoms with Gasteiger partial charge in [-0.3, -0.25) is 14.5 Å².